The van der Waals surface area contributed by atoms with Gasteiger partial charge in [-0.2, -0.15) is 10.1 Å². The Morgan fingerprint density at radius 3 is 2.87 bits per heavy atom. The number of hydrogen-bond donors (Lipinski definition) is 1. The first-order valence-corrected chi connectivity index (χ1v) is 8.24. The number of unbranched alkanes of at least 4 members (excludes halogenated alkanes) is 4. The highest BCUT2D eigenvalue weighted by atomic mass is 16.5. The molecule has 126 valence electrons. The molecule has 0 unspecified atom stereocenters. The summed E-state index contributed by atoms with van der Waals surface area (Å²) >= 11 is 0. The summed E-state index contributed by atoms with van der Waals surface area (Å²) < 4.78 is 6.94. The first-order valence-electron chi connectivity index (χ1n) is 8.24. The van der Waals surface area contributed by atoms with Crippen molar-refractivity contribution in [1.82, 2.24) is 25.2 Å². The van der Waals surface area contributed by atoms with Gasteiger partial charge in [0.05, 0.1) is 12.8 Å². The molecule has 7 heteroatoms. The Hall–Kier alpha value is -2.18. The Morgan fingerprint density at radius 2 is 2.13 bits per heavy atom. The maximum atomic E-state index is 11.8. The van der Waals surface area contributed by atoms with E-state index in [4.69, 9.17) is 4.52 Å². The molecule has 0 spiro atoms. The van der Waals surface area contributed by atoms with Gasteiger partial charge in [0.25, 0.3) is 0 Å². The summed E-state index contributed by atoms with van der Waals surface area (Å²) in [6, 6.07) is 1.90. The van der Waals surface area contributed by atoms with Gasteiger partial charge in [0, 0.05) is 25.5 Å². The second-order valence-corrected chi connectivity index (χ2v) is 5.67. The standard InChI is InChI=1S/C16H25N5O2/c1-3-4-5-6-7-9-17-15(22)12-14-19-16(23-20-14)11-13-8-10-18-21(13)2/h8,10H,3-7,9,11-12H2,1-2H3,(H,17,22). The molecule has 2 rings (SSSR count). The van der Waals surface area contributed by atoms with Crippen LogP contribution in [-0.4, -0.2) is 32.4 Å². The summed E-state index contributed by atoms with van der Waals surface area (Å²) in [4.78, 5) is 16.1. The molecule has 0 saturated carbocycles. The lowest BCUT2D eigenvalue weighted by molar-refractivity contribution is -0.120. The zero-order valence-corrected chi connectivity index (χ0v) is 13.9. The molecule has 1 amide bonds. The second kappa shape index (κ2) is 9.07. The lowest BCUT2D eigenvalue weighted by atomic mass is 10.1. The molecule has 0 bridgehead atoms. The second-order valence-electron chi connectivity index (χ2n) is 5.67. The van der Waals surface area contributed by atoms with E-state index in [1.54, 1.807) is 10.9 Å². The number of aryl methyl sites for hydroxylation is 1. The van der Waals surface area contributed by atoms with Crippen LogP contribution in [0, 0.1) is 0 Å². The highest BCUT2D eigenvalue weighted by Gasteiger charge is 2.12. The fraction of sp³-hybridized carbons (Fsp3) is 0.625. The van der Waals surface area contributed by atoms with E-state index in [1.807, 2.05) is 13.1 Å². The van der Waals surface area contributed by atoms with Crippen LogP contribution in [-0.2, 0) is 24.7 Å². The van der Waals surface area contributed by atoms with E-state index >= 15 is 0 Å². The number of amides is 1. The first-order chi connectivity index (χ1) is 11.2. The highest BCUT2D eigenvalue weighted by Crippen LogP contribution is 2.07. The maximum Gasteiger partial charge on any atom is 0.232 e. The first kappa shape index (κ1) is 17.2. The van der Waals surface area contributed by atoms with Crippen LogP contribution < -0.4 is 5.32 Å². The lowest BCUT2D eigenvalue weighted by Gasteiger charge is -2.03. The quantitative estimate of drug-likeness (QED) is 0.677. The largest absolute Gasteiger partial charge is 0.356 e. The molecule has 1 N–H and O–H groups in total. The van der Waals surface area contributed by atoms with Crippen LogP contribution in [0.1, 0.15) is 56.4 Å². The van der Waals surface area contributed by atoms with E-state index in [9.17, 15) is 4.79 Å². The average Bonchev–Trinajstić information content (AvgIpc) is 3.13. The number of nitrogens with zero attached hydrogens (tertiary/aromatic N) is 4. The maximum absolute atomic E-state index is 11.8. The molecule has 0 aliphatic carbocycles. The molecular weight excluding hydrogens is 294 g/mol. The topological polar surface area (TPSA) is 85.8 Å². The van der Waals surface area contributed by atoms with Gasteiger partial charge in [-0.1, -0.05) is 37.8 Å². The molecular formula is C16H25N5O2. The van der Waals surface area contributed by atoms with Crippen molar-refractivity contribution in [2.45, 2.75) is 51.9 Å². The van der Waals surface area contributed by atoms with Crippen molar-refractivity contribution in [3.05, 3.63) is 29.7 Å². The molecule has 7 nitrogen and oxygen atoms in total. The van der Waals surface area contributed by atoms with Gasteiger partial charge in [-0.3, -0.25) is 9.48 Å². The number of rotatable bonds is 10. The molecule has 0 aliphatic rings. The molecule has 0 atom stereocenters. The normalized spacial score (nSPS) is 10.9. The fourth-order valence-electron chi connectivity index (χ4n) is 2.33. The molecule has 23 heavy (non-hydrogen) atoms. The van der Waals surface area contributed by atoms with Crippen LogP contribution >= 0.6 is 0 Å². The lowest BCUT2D eigenvalue weighted by Crippen LogP contribution is -2.26. The molecule has 0 saturated heterocycles. The molecule has 0 radical (unpaired) electrons. The third kappa shape index (κ3) is 5.84. The van der Waals surface area contributed by atoms with Gasteiger partial charge < -0.3 is 9.84 Å². The van der Waals surface area contributed by atoms with Crippen LogP contribution in [0.25, 0.3) is 0 Å². The minimum atomic E-state index is -0.0617. The van der Waals surface area contributed by atoms with Crippen molar-refractivity contribution < 1.29 is 9.32 Å². The van der Waals surface area contributed by atoms with Gasteiger partial charge in [-0.05, 0) is 12.5 Å². The van der Waals surface area contributed by atoms with Gasteiger partial charge in [-0.15, -0.1) is 0 Å². The Labute approximate surface area is 136 Å². The summed E-state index contributed by atoms with van der Waals surface area (Å²) in [5.74, 6) is 0.856. The van der Waals surface area contributed by atoms with Crippen LogP contribution in [0.5, 0.6) is 0 Å². The van der Waals surface area contributed by atoms with Crippen molar-refractivity contribution in [1.29, 1.82) is 0 Å². The summed E-state index contributed by atoms with van der Waals surface area (Å²) in [6.07, 6.45) is 8.29. The zero-order valence-electron chi connectivity index (χ0n) is 13.9. The van der Waals surface area contributed by atoms with Crippen LogP contribution in [0.4, 0.5) is 0 Å². The van der Waals surface area contributed by atoms with E-state index in [-0.39, 0.29) is 12.3 Å². The number of carbonyl (C=O) groups is 1. The minimum absolute atomic E-state index is 0.0617. The SMILES string of the molecule is CCCCCCCNC(=O)Cc1noc(Cc2ccnn2C)n1. The van der Waals surface area contributed by atoms with Gasteiger partial charge in [0.2, 0.25) is 11.8 Å². The molecule has 2 aromatic heterocycles. The van der Waals surface area contributed by atoms with E-state index in [2.05, 4.69) is 27.5 Å². The third-order valence-electron chi connectivity index (χ3n) is 3.69. The van der Waals surface area contributed by atoms with Gasteiger partial charge in [0.15, 0.2) is 5.82 Å². The van der Waals surface area contributed by atoms with Crippen molar-refractivity contribution in [3.63, 3.8) is 0 Å². The predicted octanol–water partition coefficient (Wildman–Crippen LogP) is 2.02. The Bertz CT molecular complexity index is 605. The zero-order chi connectivity index (χ0) is 16.5. The van der Waals surface area contributed by atoms with Crippen molar-refractivity contribution in [2.75, 3.05) is 6.54 Å². The Kier molecular flexibility index (Phi) is 6.77. The Balaban J connectivity index is 1.69. The molecule has 0 aromatic carbocycles. The average molecular weight is 319 g/mol. The molecule has 2 aromatic rings. The monoisotopic (exact) mass is 319 g/mol. The predicted molar refractivity (Wildman–Crippen MR) is 85.8 cm³/mol. The minimum Gasteiger partial charge on any atom is -0.356 e. The third-order valence-corrected chi connectivity index (χ3v) is 3.69. The van der Waals surface area contributed by atoms with E-state index in [0.29, 0.717) is 24.7 Å². The summed E-state index contributed by atoms with van der Waals surface area (Å²) in [5.41, 5.74) is 0.983. The van der Waals surface area contributed by atoms with Gasteiger partial charge in [-0.25, -0.2) is 0 Å². The summed E-state index contributed by atoms with van der Waals surface area (Å²) in [6.45, 7) is 2.90. The number of carbonyl (C=O) groups excluding carboxylic acids is 1. The van der Waals surface area contributed by atoms with Crippen molar-refractivity contribution in [2.24, 2.45) is 7.05 Å². The smallest absolute Gasteiger partial charge is 0.232 e. The highest BCUT2D eigenvalue weighted by molar-refractivity contribution is 5.77. The summed E-state index contributed by atoms with van der Waals surface area (Å²) in [7, 11) is 1.86. The van der Waals surface area contributed by atoms with E-state index in [0.717, 1.165) is 18.5 Å². The molecule has 0 aliphatic heterocycles. The number of aromatic nitrogens is 4. The number of hydrogen-bond acceptors (Lipinski definition) is 5. The molecule has 2 heterocycles. The van der Waals surface area contributed by atoms with Gasteiger partial charge in [0.1, 0.15) is 0 Å². The van der Waals surface area contributed by atoms with Crippen LogP contribution in [0.3, 0.4) is 0 Å². The molecule has 0 fully saturated rings. The fourth-order valence-corrected chi connectivity index (χ4v) is 2.33. The van der Waals surface area contributed by atoms with E-state index < -0.39 is 0 Å². The van der Waals surface area contributed by atoms with Gasteiger partial charge >= 0.3 is 0 Å². The van der Waals surface area contributed by atoms with Crippen molar-refractivity contribution >= 4 is 5.91 Å². The Morgan fingerprint density at radius 1 is 1.30 bits per heavy atom. The van der Waals surface area contributed by atoms with E-state index in [1.165, 1.54) is 19.3 Å². The van der Waals surface area contributed by atoms with Crippen molar-refractivity contribution in [3.8, 4) is 0 Å². The summed E-state index contributed by atoms with van der Waals surface area (Å²) in [5, 5.41) is 10.8. The van der Waals surface area contributed by atoms with Crippen LogP contribution in [0.2, 0.25) is 0 Å². The van der Waals surface area contributed by atoms with Crippen LogP contribution in [0.15, 0.2) is 16.8 Å². The number of nitrogens with one attached hydrogen (secondary N) is 1.